The molecule has 0 aliphatic carbocycles. The fourth-order valence-corrected chi connectivity index (χ4v) is 7.97. The molecule has 0 saturated carbocycles. The lowest BCUT2D eigenvalue weighted by atomic mass is 10.1. The molecule has 0 unspecified atom stereocenters. The summed E-state index contributed by atoms with van der Waals surface area (Å²) in [6.07, 6.45) is 1.98. The lowest BCUT2D eigenvalue weighted by Crippen LogP contribution is -2.54. The zero-order valence-electron chi connectivity index (χ0n) is 29.2. The lowest BCUT2D eigenvalue weighted by molar-refractivity contribution is -0.615. The van der Waals surface area contributed by atoms with Crippen molar-refractivity contribution in [2.45, 2.75) is 155 Å². The number of hydrogen-bond donors (Lipinski definition) is 0. The maximum atomic E-state index is 12.5. The molecule has 3 heterocycles. The van der Waals surface area contributed by atoms with Crippen LogP contribution in [0, 0.1) is 5.21 Å². The smallest absolute Gasteiger partial charge is 0.292 e. The van der Waals surface area contributed by atoms with Crippen molar-refractivity contribution in [3.63, 3.8) is 0 Å². The first-order chi connectivity index (χ1) is 18.8. The van der Waals surface area contributed by atoms with E-state index in [0.717, 1.165) is 4.73 Å². The van der Waals surface area contributed by atoms with Crippen molar-refractivity contribution in [2.75, 3.05) is 6.61 Å². The summed E-state index contributed by atoms with van der Waals surface area (Å²) in [5.74, 6) is 0. The second kappa shape index (κ2) is 11.6. The van der Waals surface area contributed by atoms with E-state index in [4.69, 9.17) is 18.0 Å². The van der Waals surface area contributed by atoms with Crippen LogP contribution in [0.25, 0.3) is 11.2 Å². The zero-order valence-corrected chi connectivity index (χ0v) is 32.2. The number of fused-ring (bicyclic) bond motifs is 1. The Morgan fingerprint density at radius 1 is 0.833 bits per heavy atom. The Bertz CT molecular complexity index is 1240. The van der Waals surface area contributed by atoms with Crippen LogP contribution in [0.5, 0.6) is 0 Å². The highest BCUT2D eigenvalue weighted by Crippen LogP contribution is 2.47. The molecule has 4 atom stereocenters. The maximum Gasteiger partial charge on any atom is 0.292 e. The number of hydrogen-bond acceptors (Lipinski definition) is 7. The standard InChI is InChI=1S/C30H58N4O5Si3/c1-17-21-23-26(32-20-34(21)35)33(19-31-23)27-25(39-42(15,16)30(8,9)10)24(38-41(13,14)29(5,6)7)22(37-27)18-36-40(11,12)28(2,3)4/h19-20,22,24-25,27H,17-18H2,1-16H3/t22-,24-,25-,27-/m1/s1. The number of rotatable bonds is 9. The molecule has 0 bridgehead atoms. The summed E-state index contributed by atoms with van der Waals surface area (Å²) in [4.78, 5) is 9.18. The maximum absolute atomic E-state index is 12.5. The fraction of sp³-hybridized carbons (Fsp3) is 0.833. The molecule has 3 rings (SSSR count). The number of imidazole rings is 1. The van der Waals surface area contributed by atoms with Gasteiger partial charge < -0.3 is 23.2 Å². The van der Waals surface area contributed by atoms with Gasteiger partial charge in [0.1, 0.15) is 30.3 Å². The number of aryl methyl sites for hydroxylation is 1. The van der Waals surface area contributed by atoms with Crippen molar-refractivity contribution in [1.82, 2.24) is 14.5 Å². The SMILES string of the molecule is CCc1c2ncn([C@@H]3O[C@H](CO[Si](C)(C)C(C)(C)C)[C@@H](O[Si](C)(C)C(C)(C)C)[C@H]3O[Si](C)(C)C(C)(C)C)c2nc[n+]1[O-]. The predicted octanol–water partition coefficient (Wildman–Crippen LogP) is 7.33. The minimum Gasteiger partial charge on any atom is -0.711 e. The van der Waals surface area contributed by atoms with E-state index in [-0.39, 0.29) is 27.3 Å². The molecule has 1 fully saturated rings. The molecule has 0 aromatic carbocycles. The van der Waals surface area contributed by atoms with Crippen molar-refractivity contribution in [1.29, 1.82) is 0 Å². The van der Waals surface area contributed by atoms with Crippen molar-refractivity contribution < 1.29 is 22.7 Å². The van der Waals surface area contributed by atoms with Crippen LogP contribution in [0.3, 0.4) is 0 Å². The largest absolute Gasteiger partial charge is 0.711 e. The molecule has 0 amide bonds. The molecule has 42 heavy (non-hydrogen) atoms. The van der Waals surface area contributed by atoms with Gasteiger partial charge in [-0.2, -0.15) is 0 Å². The Morgan fingerprint density at radius 3 is 1.81 bits per heavy atom. The van der Waals surface area contributed by atoms with Gasteiger partial charge in [0, 0.05) is 6.42 Å². The quantitative estimate of drug-likeness (QED) is 0.161. The molecule has 0 N–H and O–H groups in total. The van der Waals surface area contributed by atoms with Crippen LogP contribution in [0.1, 0.15) is 81.2 Å². The third kappa shape index (κ3) is 6.89. The highest BCUT2D eigenvalue weighted by atomic mass is 28.4. The van der Waals surface area contributed by atoms with E-state index in [2.05, 4.69) is 112 Å². The Kier molecular flexibility index (Phi) is 9.79. The van der Waals surface area contributed by atoms with Gasteiger partial charge in [-0.15, -0.1) is 0 Å². The van der Waals surface area contributed by atoms with Gasteiger partial charge in [0.05, 0.1) is 6.61 Å². The second-order valence-electron chi connectivity index (χ2n) is 16.5. The van der Waals surface area contributed by atoms with Gasteiger partial charge in [-0.3, -0.25) is 4.57 Å². The Morgan fingerprint density at radius 2 is 1.33 bits per heavy atom. The van der Waals surface area contributed by atoms with Gasteiger partial charge in [0.25, 0.3) is 12.0 Å². The molecule has 240 valence electrons. The minimum atomic E-state index is -2.29. The molecule has 2 aromatic rings. The fourth-order valence-electron chi connectivity index (χ4n) is 4.35. The number of aromatic nitrogens is 4. The summed E-state index contributed by atoms with van der Waals surface area (Å²) in [7, 11) is -6.61. The van der Waals surface area contributed by atoms with Crippen molar-refractivity contribution in [3.8, 4) is 0 Å². The highest BCUT2D eigenvalue weighted by Gasteiger charge is 2.55. The first-order valence-electron chi connectivity index (χ1n) is 15.4. The molecule has 0 radical (unpaired) electrons. The zero-order chi connectivity index (χ0) is 32.3. The van der Waals surface area contributed by atoms with Gasteiger partial charge in [0.15, 0.2) is 36.7 Å². The van der Waals surface area contributed by atoms with Crippen molar-refractivity contribution in [3.05, 3.63) is 23.6 Å². The Balaban J connectivity index is 2.19. The summed E-state index contributed by atoms with van der Waals surface area (Å²) in [5.41, 5.74) is 1.79. The molecular weight excluding hydrogens is 581 g/mol. The average molecular weight is 639 g/mol. The topological polar surface area (TPSA) is 94.6 Å². The van der Waals surface area contributed by atoms with Gasteiger partial charge in [-0.25, -0.2) is 9.71 Å². The van der Waals surface area contributed by atoms with Gasteiger partial charge in [-0.05, 0) is 59.4 Å². The van der Waals surface area contributed by atoms with E-state index in [9.17, 15) is 5.21 Å². The molecular formula is C30H58N4O5Si3. The first-order valence-corrected chi connectivity index (χ1v) is 24.2. The Hall–Kier alpha value is -1.16. The van der Waals surface area contributed by atoms with E-state index in [1.807, 2.05) is 11.5 Å². The van der Waals surface area contributed by atoms with E-state index in [1.54, 1.807) is 6.33 Å². The highest BCUT2D eigenvalue weighted by molar-refractivity contribution is 6.75. The van der Waals surface area contributed by atoms with E-state index < -0.39 is 37.3 Å². The molecule has 1 aliphatic rings. The average Bonchev–Trinajstić information content (AvgIpc) is 3.36. The predicted molar refractivity (Wildman–Crippen MR) is 177 cm³/mol. The molecule has 1 aliphatic heterocycles. The molecule has 0 spiro atoms. The van der Waals surface area contributed by atoms with Crippen LogP contribution in [-0.2, 0) is 24.4 Å². The monoisotopic (exact) mass is 638 g/mol. The number of nitrogens with zero attached hydrogens (tertiary/aromatic N) is 4. The van der Waals surface area contributed by atoms with Gasteiger partial charge in [-0.1, -0.05) is 69.2 Å². The van der Waals surface area contributed by atoms with E-state index in [1.165, 1.54) is 6.33 Å². The summed E-state index contributed by atoms with van der Waals surface area (Å²) in [5, 5.41) is 12.5. The first kappa shape index (κ1) is 35.3. The second-order valence-corrected chi connectivity index (χ2v) is 30.8. The van der Waals surface area contributed by atoms with Gasteiger partial charge >= 0.3 is 0 Å². The molecule has 9 nitrogen and oxygen atoms in total. The molecule has 12 heteroatoms. The van der Waals surface area contributed by atoms with E-state index in [0.29, 0.717) is 29.9 Å². The van der Waals surface area contributed by atoms with Gasteiger partial charge in [0.2, 0.25) is 0 Å². The van der Waals surface area contributed by atoms with Crippen molar-refractivity contribution in [2.24, 2.45) is 0 Å². The Labute approximate surface area is 257 Å². The summed E-state index contributed by atoms with van der Waals surface area (Å²) in [6.45, 7) is 36.3. The minimum absolute atomic E-state index is 0.00150. The molecule has 2 aromatic heterocycles. The normalized spacial score (nSPS) is 23.2. The van der Waals surface area contributed by atoms with Crippen LogP contribution in [0.2, 0.25) is 54.4 Å². The third-order valence-electron chi connectivity index (χ3n) is 10.4. The van der Waals surface area contributed by atoms with Crippen LogP contribution in [0.15, 0.2) is 12.7 Å². The van der Waals surface area contributed by atoms with Crippen LogP contribution < -0.4 is 4.73 Å². The number of ether oxygens (including phenoxy) is 1. The van der Waals surface area contributed by atoms with Crippen molar-refractivity contribution >= 4 is 36.1 Å². The van der Waals surface area contributed by atoms with Crippen LogP contribution in [-0.4, -0.2) is 64.4 Å². The van der Waals surface area contributed by atoms with E-state index >= 15 is 0 Å². The third-order valence-corrected chi connectivity index (χ3v) is 23.8. The van der Waals surface area contributed by atoms with Crippen LogP contribution >= 0.6 is 0 Å². The van der Waals surface area contributed by atoms with Crippen LogP contribution in [0.4, 0.5) is 0 Å². The summed E-state index contributed by atoms with van der Waals surface area (Å²) >= 11 is 0. The summed E-state index contributed by atoms with van der Waals surface area (Å²) in [6, 6.07) is 0. The summed E-state index contributed by atoms with van der Waals surface area (Å²) < 4.78 is 31.0. The lowest BCUT2D eigenvalue weighted by Gasteiger charge is -2.44. The molecule has 1 saturated heterocycles.